The van der Waals surface area contributed by atoms with Gasteiger partial charge in [-0.1, -0.05) is 78.9 Å². The van der Waals surface area contributed by atoms with Gasteiger partial charge < -0.3 is 4.90 Å². The standard InChI is InChI=1S/C22H20N2/c1-22(18-13-7-4-8-14-18)19-15-9-10-16-20(19)24(2)21(23-22)17-11-5-3-6-12-17/h3-16H,1-2H3. The number of hydrogen-bond acceptors (Lipinski definition) is 2. The topological polar surface area (TPSA) is 15.6 Å². The maximum atomic E-state index is 5.22. The van der Waals surface area contributed by atoms with Crippen LogP contribution in [0.5, 0.6) is 0 Å². The molecule has 1 aliphatic rings. The fourth-order valence-corrected chi connectivity index (χ4v) is 3.47. The summed E-state index contributed by atoms with van der Waals surface area (Å²) < 4.78 is 0. The van der Waals surface area contributed by atoms with Crippen molar-refractivity contribution in [3.8, 4) is 0 Å². The van der Waals surface area contributed by atoms with Crippen LogP contribution in [0.15, 0.2) is 89.9 Å². The average Bonchev–Trinajstić information content (AvgIpc) is 2.66. The summed E-state index contributed by atoms with van der Waals surface area (Å²) in [6.07, 6.45) is 0. The molecule has 4 rings (SSSR count). The van der Waals surface area contributed by atoms with Gasteiger partial charge in [0.2, 0.25) is 0 Å². The molecule has 0 N–H and O–H groups in total. The second-order valence-corrected chi connectivity index (χ2v) is 6.32. The van der Waals surface area contributed by atoms with Crippen molar-refractivity contribution in [2.75, 3.05) is 11.9 Å². The Labute approximate surface area is 143 Å². The number of amidine groups is 1. The van der Waals surface area contributed by atoms with Crippen molar-refractivity contribution in [1.82, 2.24) is 0 Å². The van der Waals surface area contributed by atoms with E-state index in [1.165, 1.54) is 16.8 Å². The molecule has 0 amide bonds. The van der Waals surface area contributed by atoms with E-state index in [0.29, 0.717) is 0 Å². The maximum absolute atomic E-state index is 5.22. The van der Waals surface area contributed by atoms with Crippen LogP contribution < -0.4 is 4.90 Å². The molecule has 1 aliphatic heterocycles. The Hall–Kier alpha value is -2.87. The number of fused-ring (bicyclic) bond motifs is 1. The zero-order valence-corrected chi connectivity index (χ0v) is 14.0. The van der Waals surface area contributed by atoms with Crippen molar-refractivity contribution in [1.29, 1.82) is 0 Å². The first kappa shape index (κ1) is 14.7. The van der Waals surface area contributed by atoms with Crippen molar-refractivity contribution < 1.29 is 0 Å². The molecule has 2 nitrogen and oxygen atoms in total. The molecule has 0 aromatic heterocycles. The number of rotatable bonds is 2. The van der Waals surface area contributed by atoms with E-state index in [2.05, 4.69) is 97.7 Å². The Balaban J connectivity index is 1.98. The van der Waals surface area contributed by atoms with Crippen LogP contribution in [-0.2, 0) is 5.54 Å². The third kappa shape index (κ3) is 2.23. The zero-order valence-electron chi connectivity index (χ0n) is 14.0. The molecule has 0 saturated carbocycles. The molecule has 0 spiro atoms. The fourth-order valence-electron chi connectivity index (χ4n) is 3.47. The first-order chi connectivity index (χ1) is 11.7. The van der Waals surface area contributed by atoms with Gasteiger partial charge >= 0.3 is 0 Å². The molecule has 24 heavy (non-hydrogen) atoms. The predicted molar refractivity (Wildman–Crippen MR) is 101 cm³/mol. The zero-order chi connectivity index (χ0) is 16.6. The van der Waals surface area contributed by atoms with Crippen molar-refractivity contribution >= 4 is 11.5 Å². The van der Waals surface area contributed by atoms with E-state index >= 15 is 0 Å². The van der Waals surface area contributed by atoms with E-state index in [-0.39, 0.29) is 0 Å². The van der Waals surface area contributed by atoms with Crippen LogP contribution >= 0.6 is 0 Å². The third-order valence-electron chi connectivity index (χ3n) is 4.80. The van der Waals surface area contributed by atoms with Crippen molar-refractivity contribution in [2.24, 2.45) is 4.99 Å². The lowest BCUT2D eigenvalue weighted by Crippen LogP contribution is -2.38. The largest absolute Gasteiger partial charge is 0.329 e. The lowest BCUT2D eigenvalue weighted by Gasteiger charge is -2.38. The molecule has 1 unspecified atom stereocenters. The molecule has 3 aromatic rings. The molecule has 1 heterocycles. The summed E-state index contributed by atoms with van der Waals surface area (Å²) in [5.41, 5.74) is 4.39. The monoisotopic (exact) mass is 312 g/mol. The minimum absolute atomic E-state index is 0.393. The van der Waals surface area contributed by atoms with Crippen LogP contribution in [0.25, 0.3) is 0 Å². The fraction of sp³-hybridized carbons (Fsp3) is 0.136. The van der Waals surface area contributed by atoms with E-state index in [0.717, 1.165) is 11.4 Å². The highest BCUT2D eigenvalue weighted by molar-refractivity contribution is 6.11. The first-order valence-corrected chi connectivity index (χ1v) is 8.24. The van der Waals surface area contributed by atoms with E-state index in [1.807, 2.05) is 6.07 Å². The molecule has 0 saturated heterocycles. The average molecular weight is 312 g/mol. The minimum atomic E-state index is -0.393. The molecule has 2 heteroatoms. The summed E-state index contributed by atoms with van der Waals surface area (Å²) in [5, 5.41) is 0. The van der Waals surface area contributed by atoms with Crippen molar-refractivity contribution in [3.63, 3.8) is 0 Å². The Morgan fingerprint density at radius 3 is 2.04 bits per heavy atom. The molecule has 3 aromatic carbocycles. The molecule has 0 fully saturated rings. The smallest absolute Gasteiger partial charge is 0.136 e. The van der Waals surface area contributed by atoms with E-state index < -0.39 is 5.54 Å². The second kappa shape index (κ2) is 5.64. The van der Waals surface area contributed by atoms with E-state index in [9.17, 15) is 0 Å². The summed E-state index contributed by atoms with van der Waals surface area (Å²) in [6, 6.07) is 29.5. The summed E-state index contributed by atoms with van der Waals surface area (Å²) in [7, 11) is 2.09. The van der Waals surface area contributed by atoms with E-state index in [4.69, 9.17) is 4.99 Å². The number of benzene rings is 3. The Morgan fingerprint density at radius 1 is 0.750 bits per heavy atom. The van der Waals surface area contributed by atoms with Gasteiger partial charge in [-0.2, -0.15) is 0 Å². The summed E-state index contributed by atoms with van der Waals surface area (Å²) in [4.78, 5) is 7.41. The molecular formula is C22H20N2. The van der Waals surface area contributed by atoms with Gasteiger partial charge in [-0.05, 0) is 18.6 Å². The maximum Gasteiger partial charge on any atom is 0.136 e. The highest BCUT2D eigenvalue weighted by atomic mass is 15.2. The summed E-state index contributed by atoms with van der Waals surface area (Å²) in [5.74, 6) is 1.00. The first-order valence-electron chi connectivity index (χ1n) is 8.24. The highest BCUT2D eigenvalue weighted by Crippen LogP contribution is 2.42. The normalized spacial score (nSPS) is 19.6. The SMILES string of the molecule is CN1C(c2ccccc2)=NC(C)(c2ccccc2)c2ccccc21. The van der Waals surface area contributed by atoms with Gasteiger partial charge in [-0.25, -0.2) is 0 Å². The molecule has 1 atom stereocenters. The second-order valence-electron chi connectivity index (χ2n) is 6.32. The number of aliphatic imine (C=N–C) groups is 1. The number of anilines is 1. The quantitative estimate of drug-likeness (QED) is 0.660. The van der Waals surface area contributed by atoms with Crippen LogP contribution in [0.1, 0.15) is 23.6 Å². The predicted octanol–water partition coefficient (Wildman–Crippen LogP) is 4.85. The highest BCUT2D eigenvalue weighted by Gasteiger charge is 2.36. The van der Waals surface area contributed by atoms with Gasteiger partial charge in [0.25, 0.3) is 0 Å². The molecule has 0 radical (unpaired) electrons. The number of hydrogen-bond donors (Lipinski definition) is 0. The van der Waals surface area contributed by atoms with Crippen LogP contribution in [0.4, 0.5) is 5.69 Å². The van der Waals surface area contributed by atoms with Gasteiger partial charge in [0.15, 0.2) is 0 Å². The van der Waals surface area contributed by atoms with Crippen LogP contribution in [0, 0.1) is 0 Å². The van der Waals surface area contributed by atoms with Crippen LogP contribution in [-0.4, -0.2) is 12.9 Å². The number of para-hydroxylation sites is 1. The van der Waals surface area contributed by atoms with Gasteiger partial charge in [-0.3, -0.25) is 4.99 Å². The van der Waals surface area contributed by atoms with Gasteiger partial charge in [0.1, 0.15) is 11.4 Å². The Morgan fingerprint density at radius 2 is 1.33 bits per heavy atom. The number of nitrogens with zero attached hydrogens (tertiary/aromatic N) is 2. The Kier molecular flexibility index (Phi) is 3.46. The molecule has 0 bridgehead atoms. The molecular weight excluding hydrogens is 292 g/mol. The van der Waals surface area contributed by atoms with Crippen LogP contribution in [0.2, 0.25) is 0 Å². The minimum Gasteiger partial charge on any atom is -0.329 e. The van der Waals surface area contributed by atoms with E-state index in [1.54, 1.807) is 0 Å². The van der Waals surface area contributed by atoms with Gasteiger partial charge in [-0.15, -0.1) is 0 Å². The Bertz CT molecular complexity index is 884. The van der Waals surface area contributed by atoms with Gasteiger partial charge in [0.05, 0.1) is 0 Å². The van der Waals surface area contributed by atoms with Gasteiger partial charge in [0, 0.05) is 23.9 Å². The molecule has 118 valence electrons. The summed E-state index contributed by atoms with van der Waals surface area (Å²) >= 11 is 0. The van der Waals surface area contributed by atoms with Crippen molar-refractivity contribution in [2.45, 2.75) is 12.5 Å². The summed E-state index contributed by atoms with van der Waals surface area (Å²) in [6.45, 7) is 2.21. The van der Waals surface area contributed by atoms with Crippen LogP contribution in [0.3, 0.4) is 0 Å². The lowest BCUT2D eigenvalue weighted by molar-refractivity contribution is 0.597. The third-order valence-corrected chi connectivity index (χ3v) is 4.80. The molecule has 0 aliphatic carbocycles. The lowest BCUT2D eigenvalue weighted by atomic mass is 9.82. The van der Waals surface area contributed by atoms with Crippen molar-refractivity contribution in [3.05, 3.63) is 102 Å².